The number of morpholine rings is 1. The van der Waals surface area contributed by atoms with Crippen LogP contribution >= 0.6 is 0 Å². The smallest absolute Gasteiger partial charge is 0.229 e. The molecule has 6 nitrogen and oxygen atoms in total. The number of fused-ring (bicyclic) bond motifs is 1. The average molecular weight is 315 g/mol. The summed E-state index contributed by atoms with van der Waals surface area (Å²) >= 11 is 0. The molecule has 0 saturated carbocycles. The van der Waals surface area contributed by atoms with Gasteiger partial charge in [-0.2, -0.15) is 9.97 Å². The second-order valence-corrected chi connectivity index (χ2v) is 6.83. The third-order valence-corrected chi connectivity index (χ3v) is 4.97. The number of H-pyrrole nitrogens is 1. The highest BCUT2D eigenvalue weighted by Crippen LogP contribution is 2.30. The Kier molecular flexibility index (Phi) is 3.85. The lowest BCUT2D eigenvalue weighted by Crippen LogP contribution is -2.38. The molecule has 0 atom stereocenters. The fraction of sp³-hybridized carbons (Fsp3) is 0.647. The summed E-state index contributed by atoms with van der Waals surface area (Å²) in [5.41, 5.74) is 2.09. The van der Waals surface area contributed by atoms with E-state index in [4.69, 9.17) is 14.7 Å². The first-order valence-electron chi connectivity index (χ1n) is 8.66. The topological polar surface area (TPSA) is 57.3 Å². The van der Waals surface area contributed by atoms with Gasteiger partial charge in [-0.1, -0.05) is 6.92 Å². The fourth-order valence-electron chi connectivity index (χ4n) is 3.48. The van der Waals surface area contributed by atoms with Gasteiger partial charge < -0.3 is 19.5 Å². The lowest BCUT2D eigenvalue weighted by Gasteiger charge is -2.33. The van der Waals surface area contributed by atoms with Crippen molar-refractivity contribution in [3.8, 4) is 0 Å². The number of ether oxygens (including phenoxy) is 1. The van der Waals surface area contributed by atoms with Gasteiger partial charge in [-0.25, -0.2) is 0 Å². The van der Waals surface area contributed by atoms with E-state index >= 15 is 0 Å². The number of nitrogens with zero attached hydrogens (tertiary/aromatic N) is 4. The molecule has 2 fully saturated rings. The minimum absolute atomic E-state index is 0.752. The highest BCUT2D eigenvalue weighted by molar-refractivity contribution is 5.89. The molecular formula is C17H25N5O. The van der Waals surface area contributed by atoms with Crippen molar-refractivity contribution in [1.29, 1.82) is 0 Å². The Morgan fingerprint density at radius 2 is 1.83 bits per heavy atom. The van der Waals surface area contributed by atoms with Gasteiger partial charge in [0.05, 0.1) is 18.6 Å². The zero-order chi connectivity index (χ0) is 15.8. The molecule has 0 amide bonds. The summed E-state index contributed by atoms with van der Waals surface area (Å²) < 4.78 is 5.46. The number of hydrogen-bond donors (Lipinski definition) is 1. The first kappa shape index (κ1) is 14.8. The number of aromatic amines is 1. The third kappa shape index (κ3) is 2.87. The van der Waals surface area contributed by atoms with Crippen LogP contribution in [0, 0.1) is 12.8 Å². The van der Waals surface area contributed by atoms with E-state index in [0.717, 1.165) is 73.8 Å². The summed E-state index contributed by atoms with van der Waals surface area (Å²) in [6, 6.07) is 2.17. The van der Waals surface area contributed by atoms with Gasteiger partial charge >= 0.3 is 0 Å². The molecule has 2 aliphatic rings. The molecule has 0 bridgehead atoms. The summed E-state index contributed by atoms with van der Waals surface area (Å²) in [7, 11) is 0. The molecular weight excluding hydrogens is 290 g/mol. The molecule has 2 aliphatic heterocycles. The van der Waals surface area contributed by atoms with E-state index in [2.05, 4.69) is 34.7 Å². The molecule has 6 heteroatoms. The first-order chi connectivity index (χ1) is 11.2. The molecule has 0 aromatic carbocycles. The largest absolute Gasteiger partial charge is 0.378 e. The highest BCUT2D eigenvalue weighted by Gasteiger charge is 2.23. The van der Waals surface area contributed by atoms with Crippen molar-refractivity contribution in [3.63, 3.8) is 0 Å². The fourth-order valence-corrected chi connectivity index (χ4v) is 3.48. The summed E-state index contributed by atoms with van der Waals surface area (Å²) in [5.74, 6) is 2.74. The molecule has 0 radical (unpaired) electrons. The highest BCUT2D eigenvalue weighted by atomic mass is 16.5. The zero-order valence-corrected chi connectivity index (χ0v) is 14.0. The maximum absolute atomic E-state index is 5.46. The van der Waals surface area contributed by atoms with E-state index in [1.807, 2.05) is 0 Å². The van der Waals surface area contributed by atoms with Crippen LogP contribution in [-0.2, 0) is 4.74 Å². The van der Waals surface area contributed by atoms with Crippen LogP contribution in [0.4, 0.5) is 11.8 Å². The van der Waals surface area contributed by atoms with Crippen LogP contribution in [0.3, 0.4) is 0 Å². The second kappa shape index (κ2) is 6.00. The Balaban J connectivity index is 1.74. The molecule has 4 rings (SSSR count). The van der Waals surface area contributed by atoms with Gasteiger partial charge in [-0.15, -0.1) is 0 Å². The number of piperidine rings is 1. The van der Waals surface area contributed by atoms with Crippen LogP contribution in [-0.4, -0.2) is 54.3 Å². The minimum atomic E-state index is 0.752. The molecule has 0 unspecified atom stereocenters. The van der Waals surface area contributed by atoms with Gasteiger partial charge in [0, 0.05) is 31.9 Å². The van der Waals surface area contributed by atoms with Crippen LogP contribution < -0.4 is 9.80 Å². The number of anilines is 2. The van der Waals surface area contributed by atoms with Crippen LogP contribution in [0.2, 0.25) is 0 Å². The summed E-state index contributed by atoms with van der Waals surface area (Å²) in [5, 5.41) is 1.15. The van der Waals surface area contributed by atoms with E-state index in [0.29, 0.717) is 0 Å². The number of hydrogen-bond acceptors (Lipinski definition) is 5. The van der Waals surface area contributed by atoms with Gasteiger partial charge in [0.25, 0.3) is 0 Å². The molecule has 2 aromatic rings. The Labute approximate surface area is 136 Å². The third-order valence-electron chi connectivity index (χ3n) is 4.97. The summed E-state index contributed by atoms with van der Waals surface area (Å²) in [6.45, 7) is 9.82. The summed E-state index contributed by atoms with van der Waals surface area (Å²) in [6.07, 6.45) is 2.48. The Bertz CT molecular complexity index is 684. The van der Waals surface area contributed by atoms with Crippen molar-refractivity contribution in [2.24, 2.45) is 5.92 Å². The minimum Gasteiger partial charge on any atom is -0.378 e. The summed E-state index contributed by atoms with van der Waals surface area (Å²) in [4.78, 5) is 17.8. The van der Waals surface area contributed by atoms with Crippen molar-refractivity contribution >= 4 is 22.8 Å². The number of aryl methyl sites for hydroxylation is 1. The molecule has 4 heterocycles. The lowest BCUT2D eigenvalue weighted by molar-refractivity contribution is 0.122. The predicted molar refractivity (Wildman–Crippen MR) is 92.3 cm³/mol. The maximum atomic E-state index is 5.46. The molecule has 23 heavy (non-hydrogen) atoms. The van der Waals surface area contributed by atoms with Crippen LogP contribution in [0.1, 0.15) is 25.5 Å². The van der Waals surface area contributed by atoms with Crippen LogP contribution in [0.25, 0.3) is 11.0 Å². The lowest BCUT2D eigenvalue weighted by atomic mass is 9.99. The van der Waals surface area contributed by atoms with Gasteiger partial charge in [0.1, 0.15) is 11.5 Å². The normalized spacial score (nSPS) is 20.4. The molecule has 2 aromatic heterocycles. The Morgan fingerprint density at radius 3 is 2.57 bits per heavy atom. The number of nitrogens with one attached hydrogen (secondary N) is 1. The monoisotopic (exact) mass is 315 g/mol. The first-order valence-corrected chi connectivity index (χ1v) is 8.66. The van der Waals surface area contributed by atoms with Crippen molar-refractivity contribution in [2.45, 2.75) is 26.7 Å². The number of aromatic nitrogens is 3. The van der Waals surface area contributed by atoms with Crippen LogP contribution in [0.15, 0.2) is 6.07 Å². The van der Waals surface area contributed by atoms with Gasteiger partial charge in [0.2, 0.25) is 5.95 Å². The maximum Gasteiger partial charge on any atom is 0.229 e. The molecule has 0 spiro atoms. The average Bonchev–Trinajstić information content (AvgIpc) is 2.96. The van der Waals surface area contributed by atoms with Gasteiger partial charge in [-0.05, 0) is 31.7 Å². The van der Waals surface area contributed by atoms with Gasteiger partial charge in [-0.3, -0.25) is 0 Å². The van der Waals surface area contributed by atoms with Crippen molar-refractivity contribution in [2.75, 3.05) is 49.2 Å². The van der Waals surface area contributed by atoms with E-state index in [1.165, 1.54) is 12.8 Å². The standard InChI is InChI=1S/C17H25N5O/c1-12-3-5-21(6-4-12)16-14-11-13(2)18-15(14)19-17(20-16)22-7-9-23-10-8-22/h11-12H,3-10H2,1-2H3,(H,18,19,20). The van der Waals surface area contributed by atoms with E-state index in [9.17, 15) is 0 Å². The number of rotatable bonds is 2. The zero-order valence-electron chi connectivity index (χ0n) is 14.0. The van der Waals surface area contributed by atoms with E-state index in [-0.39, 0.29) is 0 Å². The van der Waals surface area contributed by atoms with Crippen molar-refractivity contribution in [3.05, 3.63) is 11.8 Å². The Morgan fingerprint density at radius 1 is 1.09 bits per heavy atom. The van der Waals surface area contributed by atoms with Crippen molar-refractivity contribution in [1.82, 2.24) is 15.0 Å². The van der Waals surface area contributed by atoms with Crippen molar-refractivity contribution < 1.29 is 4.74 Å². The van der Waals surface area contributed by atoms with E-state index in [1.54, 1.807) is 0 Å². The van der Waals surface area contributed by atoms with Gasteiger partial charge in [0.15, 0.2) is 0 Å². The van der Waals surface area contributed by atoms with Crippen LogP contribution in [0.5, 0.6) is 0 Å². The van der Waals surface area contributed by atoms with E-state index < -0.39 is 0 Å². The Hall–Kier alpha value is -1.82. The molecule has 1 N–H and O–H groups in total. The molecule has 124 valence electrons. The molecule has 2 saturated heterocycles. The molecule has 0 aliphatic carbocycles. The second-order valence-electron chi connectivity index (χ2n) is 6.83. The predicted octanol–water partition coefficient (Wildman–Crippen LogP) is 2.34. The quantitative estimate of drug-likeness (QED) is 0.922. The SMILES string of the molecule is Cc1cc2c(N3CCC(C)CC3)nc(N3CCOCC3)nc2[nH]1.